The van der Waals surface area contributed by atoms with Gasteiger partial charge < -0.3 is 4.65 Å². The van der Waals surface area contributed by atoms with Gasteiger partial charge in [-0.1, -0.05) is 24.3 Å². The molecule has 0 spiro atoms. The van der Waals surface area contributed by atoms with E-state index in [1.807, 2.05) is 12.1 Å². The summed E-state index contributed by atoms with van der Waals surface area (Å²) in [5.41, 5.74) is 1.47. The lowest BCUT2D eigenvalue weighted by Crippen LogP contribution is -2.09. The molecule has 0 amide bonds. The standard InChI is InChI=1S/C7H5BFO/c9-7-5-3-1-2-4-6(5)8-10-7/h1-4,7H. The highest BCUT2D eigenvalue weighted by atomic mass is 19.1. The molecule has 1 aromatic rings. The van der Waals surface area contributed by atoms with Crippen LogP contribution in [0.25, 0.3) is 0 Å². The molecule has 0 bridgehead atoms. The van der Waals surface area contributed by atoms with Crippen LogP contribution in [0.1, 0.15) is 11.9 Å². The molecule has 0 saturated carbocycles. The number of hydrogen-bond acceptors (Lipinski definition) is 1. The number of rotatable bonds is 0. The van der Waals surface area contributed by atoms with Gasteiger partial charge in [0.05, 0.1) is 0 Å². The first-order chi connectivity index (χ1) is 4.88. The van der Waals surface area contributed by atoms with Crippen molar-refractivity contribution in [1.29, 1.82) is 0 Å². The van der Waals surface area contributed by atoms with E-state index < -0.39 is 6.36 Å². The van der Waals surface area contributed by atoms with Gasteiger partial charge in [-0.3, -0.25) is 0 Å². The van der Waals surface area contributed by atoms with E-state index >= 15 is 0 Å². The summed E-state index contributed by atoms with van der Waals surface area (Å²) in [5, 5.41) is 0. The zero-order chi connectivity index (χ0) is 6.97. The molecule has 1 heterocycles. The molecule has 0 aromatic heterocycles. The van der Waals surface area contributed by atoms with Crippen molar-refractivity contribution in [3.05, 3.63) is 29.8 Å². The van der Waals surface area contributed by atoms with Crippen LogP contribution in [0.5, 0.6) is 0 Å². The Morgan fingerprint density at radius 3 is 3.00 bits per heavy atom. The quantitative estimate of drug-likeness (QED) is 0.480. The number of halogens is 1. The molecule has 1 aliphatic rings. The van der Waals surface area contributed by atoms with Crippen molar-refractivity contribution in [3.63, 3.8) is 0 Å². The Morgan fingerprint density at radius 2 is 2.20 bits per heavy atom. The highest BCUT2D eigenvalue weighted by molar-refractivity contribution is 6.49. The van der Waals surface area contributed by atoms with Crippen molar-refractivity contribution < 1.29 is 9.04 Å². The van der Waals surface area contributed by atoms with Crippen molar-refractivity contribution in [1.82, 2.24) is 0 Å². The van der Waals surface area contributed by atoms with Gasteiger partial charge in [-0.2, -0.15) is 0 Å². The molecular weight excluding hydrogens is 130 g/mol. The summed E-state index contributed by atoms with van der Waals surface area (Å²) >= 11 is 0. The summed E-state index contributed by atoms with van der Waals surface area (Å²) in [6.07, 6.45) is -1.25. The summed E-state index contributed by atoms with van der Waals surface area (Å²) in [6.45, 7) is 0. The lowest BCUT2D eigenvalue weighted by Gasteiger charge is -1.98. The minimum atomic E-state index is -1.25. The van der Waals surface area contributed by atoms with E-state index in [4.69, 9.17) is 0 Å². The first-order valence-electron chi connectivity index (χ1n) is 3.09. The van der Waals surface area contributed by atoms with Crippen molar-refractivity contribution in [3.8, 4) is 0 Å². The van der Waals surface area contributed by atoms with Crippen molar-refractivity contribution >= 4 is 12.9 Å². The molecule has 0 aliphatic carbocycles. The second-order valence-corrected chi connectivity index (χ2v) is 2.20. The van der Waals surface area contributed by atoms with Gasteiger partial charge in [0.25, 0.3) is 0 Å². The molecule has 1 aromatic carbocycles. The maximum absolute atomic E-state index is 12.7. The minimum absolute atomic E-state index is 0.627. The Hall–Kier alpha value is -0.825. The van der Waals surface area contributed by atoms with Gasteiger partial charge >= 0.3 is 7.48 Å². The Morgan fingerprint density at radius 1 is 1.40 bits per heavy atom. The summed E-state index contributed by atoms with van der Waals surface area (Å²) in [4.78, 5) is 0. The van der Waals surface area contributed by atoms with Crippen molar-refractivity contribution in [2.45, 2.75) is 6.36 Å². The number of benzene rings is 1. The fourth-order valence-corrected chi connectivity index (χ4v) is 1.03. The maximum Gasteiger partial charge on any atom is 0.334 e. The molecule has 49 valence electrons. The van der Waals surface area contributed by atoms with E-state index in [0.717, 1.165) is 5.46 Å². The van der Waals surface area contributed by atoms with Crippen molar-refractivity contribution in [2.75, 3.05) is 0 Å². The average molecular weight is 135 g/mol. The Kier molecular flexibility index (Phi) is 1.24. The van der Waals surface area contributed by atoms with Gasteiger partial charge in [-0.15, -0.1) is 0 Å². The Labute approximate surface area is 59.1 Å². The molecular formula is C7H5BFO. The molecule has 0 saturated heterocycles. The van der Waals surface area contributed by atoms with Crippen LogP contribution in [-0.2, 0) is 4.65 Å². The molecule has 1 unspecified atom stereocenters. The van der Waals surface area contributed by atoms with E-state index in [0.29, 0.717) is 5.56 Å². The van der Waals surface area contributed by atoms with Crippen LogP contribution in [-0.4, -0.2) is 7.48 Å². The second kappa shape index (κ2) is 2.09. The van der Waals surface area contributed by atoms with Gasteiger partial charge in [0.15, 0.2) is 0 Å². The van der Waals surface area contributed by atoms with Crippen LogP contribution in [0.3, 0.4) is 0 Å². The van der Waals surface area contributed by atoms with Gasteiger partial charge in [-0.25, -0.2) is 4.39 Å². The predicted molar refractivity (Wildman–Crippen MR) is 36.8 cm³/mol. The van der Waals surface area contributed by atoms with E-state index in [1.165, 1.54) is 7.48 Å². The summed E-state index contributed by atoms with van der Waals surface area (Å²) in [7, 11) is 1.44. The summed E-state index contributed by atoms with van der Waals surface area (Å²) < 4.78 is 17.3. The largest absolute Gasteiger partial charge is 0.404 e. The molecule has 1 nitrogen and oxygen atoms in total. The highest BCUT2D eigenvalue weighted by Crippen LogP contribution is 2.20. The first-order valence-corrected chi connectivity index (χ1v) is 3.09. The summed E-state index contributed by atoms with van der Waals surface area (Å²) in [6, 6.07) is 7.21. The monoisotopic (exact) mass is 135 g/mol. The van der Waals surface area contributed by atoms with Crippen LogP contribution in [0.15, 0.2) is 24.3 Å². The third kappa shape index (κ3) is 0.744. The van der Waals surface area contributed by atoms with Crippen LogP contribution >= 0.6 is 0 Å². The lowest BCUT2D eigenvalue weighted by molar-refractivity contribution is 0.0840. The molecule has 1 aliphatic heterocycles. The molecule has 1 atom stereocenters. The fourth-order valence-electron chi connectivity index (χ4n) is 1.03. The highest BCUT2D eigenvalue weighted by Gasteiger charge is 2.22. The van der Waals surface area contributed by atoms with E-state index in [2.05, 4.69) is 4.65 Å². The zero-order valence-corrected chi connectivity index (χ0v) is 5.25. The second-order valence-electron chi connectivity index (χ2n) is 2.20. The molecule has 1 radical (unpaired) electrons. The number of alkyl halides is 1. The van der Waals surface area contributed by atoms with Crippen LogP contribution < -0.4 is 5.46 Å². The van der Waals surface area contributed by atoms with Gasteiger partial charge in [0, 0.05) is 5.56 Å². The average Bonchev–Trinajstić information content (AvgIpc) is 2.34. The Bertz CT molecular complexity index is 251. The summed E-state index contributed by atoms with van der Waals surface area (Å²) in [5.74, 6) is 0. The van der Waals surface area contributed by atoms with E-state index in [-0.39, 0.29) is 0 Å². The molecule has 3 heteroatoms. The molecule has 0 fully saturated rings. The minimum Gasteiger partial charge on any atom is -0.404 e. The van der Waals surface area contributed by atoms with E-state index in [1.54, 1.807) is 12.1 Å². The third-order valence-corrected chi connectivity index (χ3v) is 1.56. The van der Waals surface area contributed by atoms with Gasteiger partial charge in [0.2, 0.25) is 6.36 Å². The smallest absolute Gasteiger partial charge is 0.334 e. The lowest BCUT2D eigenvalue weighted by atomic mass is 9.88. The molecule has 10 heavy (non-hydrogen) atoms. The fraction of sp³-hybridized carbons (Fsp3) is 0.143. The number of hydrogen-bond donors (Lipinski definition) is 0. The third-order valence-electron chi connectivity index (χ3n) is 1.56. The predicted octanol–water partition coefficient (Wildman–Crippen LogP) is 0.929. The first kappa shape index (κ1) is 5.92. The van der Waals surface area contributed by atoms with Gasteiger partial charge in [-0.05, 0) is 5.46 Å². The van der Waals surface area contributed by atoms with Crippen LogP contribution in [0.2, 0.25) is 0 Å². The number of fused-ring (bicyclic) bond motifs is 1. The zero-order valence-electron chi connectivity index (χ0n) is 5.25. The normalized spacial score (nSPS) is 21.9. The molecule has 0 N–H and O–H groups in total. The molecule has 2 rings (SSSR count). The topological polar surface area (TPSA) is 9.23 Å². The SMILES string of the molecule is FC1O[B]c2ccccc21. The van der Waals surface area contributed by atoms with Gasteiger partial charge in [0.1, 0.15) is 0 Å². The Balaban J connectivity index is 2.51. The van der Waals surface area contributed by atoms with Crippen LogP contribution in [0, 0.1) is 0 Å². The van der Waals surface area contributed by atoms with Crippen molar-refractivity contribution in [2.24, 2.45) is 0 Å². The van der Waals surface area contributed by atoms with Crippen LogP contribution in [0.4, 0.5) is 4.39 Å². The maximum atomic E-state index is 12.7. The van der Waals surface area contributed by atoms with E-state index in [9.17, 15) is 4.39 Å².